The van der Waals surface area contributed by atoms with E-state index in [-0.39, 0.29) is 28.0 Å². The van der Waals surface area contributed by atoms with Crippen LogP contribution in [-0.4, -0.2) is 37.8 Å². The molecular weight excluding hydrogens is 320 g/mol. The van der Waals surface area contributed by atoms with Crippen LogP contribution in [0.15, 0.2) is 27.4 Å². The second-order valence-electron chi connectivity index (χ2n) is 5.56. The summed E-state index contributed by atoms with van der Waals surface area (Å²) in [6, 6.07) is 2.81. The second kappa shape index (κ2) is 5.02. The van der Waals surface area contributed by atoms with Crippen molar-refractivity contribution in [2.45, 2.75) is 19.1 Å². The molecule has 8 nitrogen and oxygen atoms in total. The van der Waals surface area contributed by atoms with Gasteiger partial charge in [-0.05, 0) is 18.6 Å². The summed E-state index contributed by atoms with van der Waals surface area (Å²) in [6.45, 7) is 1.41. The summed E-state index contributed by atoms with van der Waals surface area (Å²) in [5, 5.41) is 38.9. The van der Waals surface area contributed by atoms with Crippen LogP contribution in [-0.2, 0) is 0 Å². The Kier molecular flexibility index (Phi) is 3.32. The number of ketones is 2. The average Bonchev–Trinajstić information content (AvgIpc) is 2.42. The van der Waals surface area contributed by atoms with Gasteiger partial charge in [0.25, 0.3) is 0 Å². The third kappa shape index (κ3) is 2.29. The topological polar surface area (TPSA) is 145 Å². The van der Waals surface area contributed by atoms with Crippen molar-refractivity contribution < 1.29 is 34.4 Å². The first-order valence-corrected chi connectivity index (χ1v) is 6.85. The van der Waals surface area contributed by atoms with E-state index in [0.29, 0.717) is 0 Å². The SMILES string of the molecule is Cc1c2c(cc(O)c1-c1cc(O)cc(=O)o1)C(=O)C(O)(O)CC2=O. The molecule has 0 amide bonds. The van der Waals surface area contributed by atoms with Gasteiger partial charge in [-0.15, -0.1) is 0 Å². The van der Waals surface area contributed by atoms with Gasteiger partial charge in [-0.25, -0.2) is 4.79 Å². The number of carbonyl (C=O) groups is 2. The molecule has 0 bridgehead atoms. The Morgan fingerprint density at radius 2 is 1.71 bits per heavy atom. The first-order chi connectivity index (χ1) is 11.1. The largest absolute Gasteiger partial charge is 0.508 e. The van der Waals surface area contributed by atoms with Crippen LogP contribution < -0.4 is 5.63 Å². The van der Waals surface area contributed by atoms with Gasteiger partial charge in [-0.3, -0.25) is 9.59 Å². The monoisotopic (exact) mass is 332 g/mol. The average molecular weight is 332 g/mol. The minimum Gasteiger partial charge on any atom is -0.508 e. The fourth-order valence-electron chi connectivity index (χ4n) is 2.85. The van der Waals surface area contributed by atoms with Crippen molar-refractivity contribution in [1.82, 2.24) is 0 Å². The quantitative estimate of drug-likeness (QED) is 0.552. The summed E-state index contributed by atoms with van der Waals surface area (Å²) in [7, 11) is 0. The molecule has 0 radical (unpaired) electrons. The molecule has 24 heavy (non-hydrogen) atoms. The van der Waals surface area contributed by atoms with Gasteiger partial charge in [0.2, 0.25) is 11.6 Å². The summed E-state index contributed by atoms with van der Waals surface area (Å²) in [4.78, 5) is 35.7. The van der Waals surface area contributed by atoms with Crippen LogP contribution in [0.1, 0.15) is 32.7 Å². The number of fused-ring (bicyclic) bond motifs is 1. The fraction of sp³-hybridized carbons (Fsp3) is 0.188. The Balaban J connectivity index is 2.33. The van der Waals surface area contributed by atoms with Crippen molar-refractivity contribution in [1.29, 1.82) is 0 Å². The lowest BCUT2D eigenvalue weighted by atomic mass is 9.81. The molecule has 1 aromatic carbocycles. The Morgan fingerprint density at radius 1 is 1.04 bits per heavy atom. The van der Waals surface area contributed by atoms with E-state index in [4.69, 9.17) is 4.42 Å². The number of phenolic OH excluding ortho intramolecular Hbond substituents is 1. The molecule has 0 atom stereocenters. The molecule has 1 aliphatic rings. The van der Waals surface area contributed by atoms with Gasteiger partial charge < -0.3 is 24.8 Å². The van der Waals surface area contributed by atoms with Gasteiger partial charge in [0.15, 0.2) is 5.78 Å². The normalized spacial score (nSPS) is 16.1. The highest BCUT2D eigenvalue weighted by molar-refractivity contribution is 6.18. The Labute approximate surface area is 134 Å². The van der Waals surface area contributed by atoms with Gasteiger partial charge in [-0.1, -0.05) is 0 Å². The predicted molar refractivity (Wildman–Crippen MR) is 78.9 cm³/mol. The van der Waals surface area contributed by atoms with Crippen LogP contribution in [0.3, 0.4) is 0 Å². The summed E-state index contributed by atoms with van der Waals surface area (Å²) in [5.41, 5.74) is -1.23. The third-order valence-electron chi connectivity index (χ3n) is 3.85. The number of benzene rings is 1. The number of aliphatic hydroxyl groups is 2. The number of carbonyl (C=O) groups excluding carboxylic acids is 2. The molecule has 0 fully saturated rings. The standard InChI is InChI=1S/C16H12O8/c1-6-13-8(15(21)16(22,23)5-10(13)19)4-9(18)14(6)11-2-7(17)3-12(20)24-11/h2-4,17-18,22-23H,5H2,1H3. The first kappa shape index (κ1) is 15.9. The lowest BCUT2D eigenvalue weighted by Crippen LogP contribution is -2.45. The zero-order valence-electron chi connectivity index (χ0n) is 12.4. The molecule has 4 N–H and O–H groups in total. The summed E-state index contributed by atoms with van der Waals surface area (Å²) < 4.78 is 4.93. The Hall–Kier alpha value is -2.97. The van der Waals surface area contributed by atoms with E-state index in [1.165, 1.54) is 6.92 Å². The smallest absolute Gasteiger partial charge is 0.339 e. The van der Waals surface area contributed by atoms with Crippen LogP contribution >= 0.6 is 0 Å². The number of hydrogen-bond donors (Lipinski definition) is 4. The molecule has 1 aromatic heterocycles. The molecule has 0 unspecified atom stereocenters. The minimum atomic E-state index is -2.83. The maximum absolute atomic E-state index is 12.2. The van der Waals surface area contributed by atoms with E-state index in [1.54, 1.807) is 0 Å². The zero-order chi connectivity index (χ0) is 17.8. The molecule has 124 valence electrons. The van der Waals surface area contributed by atoms with Gasteiger partial charge >= 0.3 is 5.63 Å². The predicted octanol–water partition coefficient (Wildman–Crippen LogP) is 0.476. The van der Waals surface area contributed by atoms with E-state index < -0.39 is 40.9 Å². The van der Waals surface area contributed by atoms with Gasteiger partial charge in [0, 0.05) is 17.2 Å². The summed E-state index contributed by atoms with van der Waals surface area (Å²) >= 11 is 0. The van der Waals surface area contributed by atoms with Crippen LogP contribution in [0.5, 0.6) is 11.5 Å². The highest BCUT2D eigenvalue weighted by Gasteiger charge is 2.44. The molecule has 1 aliphatic carbocycles. The molecule has 2 aromatic rings. The van der Waals surface area contributed by atoms with Crippen molar-refractivity contribution >= 4 is 11.6 Å². The number of rotatable bonds is 1. The lowest BCUT2D eigenvalue weighted by molar-refractivity contribution is -0.120. The van der Waals surface area contributed by atoms with Gasteiger partial charge in [-0.2, -0.15) is 0 Å². The maximum Gasteiger partial charge on any atom is 0.339 e. The summed E-state index contributed by atoms with van der Waals surface area (Å²) in [6.07, 6.45) is -0.826. The van der Waals surface area contributed by atoms with Crippen LogP contribution in [0, 0.1) is 6.92 Å². The first-order valence-electron chi connectivity index (χ1n) is 6.85. The third-order valence-corrected chi connectivity index (χ3v) is 3.85. The van der Waals surface area contributed by atoms with E-state index in [2.05, 4.69) is 0 Å². The molecule has 0 saturated heterocycles. The highest BCUT2D eigenvalue weighted by atomic mass is 16.5. The minimum absolute atomic E-state index is 0.0497. The number of hydrogen-bond acceptors (Lipinski definition) is 8. The van der Waals surface area contributed by atoms with Crippen molar-refractivity contribution in [3.63, 3.8) is 0 Å². The van der Waals surface area contributed by atoms with Crippen LogP contribution in [0.2, 0.25) is 0 Å². The van der Waals surface area contributed by atoms with Crippen molar-refractivity contribution in [3.05, 3.63) is 45.3 Å². The molecule has 0 aliphatic heterocycles. The maximum atomic E-state index is 12.2. The van der Waals surface area contributed by atoms with Crippen molar-refractivity contribution in [3.8, 4) is 22.8 Å². The molecule has 3 rings (SSSR count). The van der Waals surface area contributed by atoms with Gasteiger partial charge in [0.05, 0.1) is 18.1 Å². The van der Waals surface area contributed by atoms with Gasteiger partial charge in [0.1, 0.15) is 17.3 Å². The fourth-order valence-corrected chi connectivity index (χ4v) is 2.85. The van der Waals surface area contributed by atoms with E-state index in [9.17, 15) is 34.8 Å². The van der Waals surface area contributed by atoms with E-state index >= 15 is 0 Å². The number of Topliss-reactive ketones (excluding diaryl/α,β-unsaturated/α-hetero) is 2. The second-order valence-corrected chi connectivity index (χ2v) is 5.56. The highest BCUT2D eigenvalue weighted by Crippen LogP contribution is 2.40. The van der Waals surface area contributed by atoms with Crippen molar-refractivity contribution in [2.24, 2.45) is 0 Å². The van der Waals surface area contributed by atoms with E-state index in [1.807, 2.05) is 0 Å². The molecule has 0 saturated carbocycles. The van der Waals surface area contributed by atoms with Crippen LogP contribution in [0.4, 0.5) is 0 Å². The molecule has 1 heterocycles. The van der Waals surface area contributed by atoms with Crippen LogP contribution in [0.25, 0.3) is 11.3 Å². The summed E-state index contributed by atoms with van der Waals surface area (Å²) in [5.74, 6) is -5.76. The molecular formula is C16H12O8. The number of phenols is 1. The van der Waals surface area contributed by atoms with E-state index in [0.717, 1.165) is 18.2 Å². The molecule has 0 spiro atoms. The lowest BCUT2D eigenvalue weighted by Gasteiger charge is -2.27. The molecule has 8 heteroatoms. The Bertz CT molecular complexity index is 951. The zero-order valence-corrected chi connectivity index (χ0v) is 12.4. The Morgan fingerprint density at radius 3 is 2.33 bits per heavy atom. The number of aromatic hydroxyl groups is 2. The van der Waals surface area contributed by atoms with Crippen molar-refractivity contribution in [2.75, 3.05) is 0 Å².